The zero-order valence-electron chi connectivity index (χ0n) is 3.38. The minimum Gasteiger partial charge on any atom is -0.408 e. The molecular weight excluding hydrogens is 84.0 g/mol. The summed E-state index contributed by atoms with van der Waals surface area (Å²) in [6.45, 7) is 1.43. The van der Waals surface area contributed by atoms with Gasteiger partial charge in [-0.1, -0.05) is 5.16 Å². The summed E-state index contributed by atoms with van der Waals surface area (Å²) in [6, 6.07) is 0. The summed E-state index contributed by atoms with van der Waals surface area (Å²) in [5.74, 6) is 4.54. The monoisotopic (exact) mass is 90.0 g/mol. The Morgan fingerprint density at radius 3 is 2.50 bits per heavy atom. The lowest BCUT2D eigenvalue weighted by Gasteiger charge is -1.86. The summed E-state index contributed by atoms with van der Waals surface area (Å²) < 4.78 is 0. The SMILES string of the molecule is C/C(=N/O)ON. The zero-order valence-corrected chi connectivity index (χ0v) is 3.38. The van der Waals surface area contributed by atoms with Crippen LogP contribution in [0.4, 0.5) is 0 Å². The van der Waals surface area contributed by atoms with E-state index in [1.165, 1.54) is 6.92 Å². The van der Waals surface area contributed by atoms with Gasteiger partial charge in [0.25, 0.3) is 0 Å². The molecule has 36 valence electrons. The van der Waals surface area contributed by atoms with Crippen molar-refractivity contribution in [1.82, 2.24) is 0 Å². The molecule has 0 fully saturated rings. The van der Waals surface area contributed by atoms with Gasteiger partial charge in [-0.05, 0) is 0 Å². The van der Waals surface area contributed by atoms with Gasteiger partial charge in [0.15, 0.2) is 0 Å². The van der Waals surface area contributed by atoms with Crippen LogP contribution in [-0.4, -0.2) is 11.1 Å². The van der Waals surface area contributed by atoms with Crippen LogP contribution < -0.4 is 5.90 Å². The Hall–Kier alpha value is -0.770. The van der Waals surface area contributed by atoms with Crippen molar-refractivity contribution in [2.75, 3.05) is 0 Å². The molecular formula is C2H6N2O2. The van der Waals surface area contributed by atoms with Gasteiger partial charge in [-0.2, -0.15) is 5.90 Å². The maximum Gasteiger partial charge on any atom is 0.246 e. The van der Waals surface area contributed by atoms with E-state index in [4.69, 9.17) is 5.21 Å². The Bertz CT molecular complexity index is 60.6. The lowest BCUT2D eigenvalue weighted by molar-refractivity contribution is 0.259. The summed E-state index contributed by atoms with van der Waals surface area (Å²) in [5.41, 5.74) is 0. The lowest BCUT2D eigenvalue weighted by Crippen LogP contribution is -2.04. The second kappa shape index (κ2) is 2.47. The molecule has 4 heteroatoms. The molecule has 0 aliphatic heterocycles. The maximum absolute atomic E-state index is 7.72. The molecule has 0 bridgehead atoms. The summed E-state index contributed by atoms with van der Waals surface area (Å²) in [4.78, 5) is 3.90. The van der Waals surface area contributed by atoms with Crippen LogP contribution in [0.3, 0.4) is 0 Å². The molecule has 0 unspecified atom stereocenters. The predicted octanol–water partition coefficient (Wildman–Crippen LogP) is -0.316. The third-order valence-corrected chi connectivity index (χ3v) is 0.311. The lowest BCUT2D eigenvalue weighted by atomic mass is 10.8. The van der Waals surface area contributed by atoms with E-state index in [0.29, 0.717) is 0 Å². The topological polar surface area (TPSA) is 67.8 Å². The molecule has 0 aromatic carbocycles. The average molecular weight is 90.1 g/mol. The van der Waals surface area contributed by atoms with Gasteiger partial charge >= 0.3 is 0 Å². The van der Waals surface area contributed by atoms with E-state index < -0.39 is 0 Å². The van der Waals surface area contributed by atoms with Crippen LogP contribution in [0.15, 0.2) is 5.16 Å². The van der Waals surface area contributed by atoms with Gasteiger partial charge in [-0.25, -0.2) is 0 Å². The van der Waals surface area contributed by atoms with E-state index in [2.05, 4.69) is 15.9 Å². The second-order valence-electron chi connectivity index (χ2n) is 0.737. The van der Waals surface area contributed by atoms with Crippen molar-refractivity contribution in [3.8, 4) is 0 Å². The molecule has 0 aromatic heterocycles. The van der Waals surface area contributed by atoms with Crippen molar-refractivity contribution in [3.05, 3.63) is 0 Å². The average Bonchev–Trinajstić information content (AvgIpc) is 1.65. The third-order valence-electron chi connectivity index (χ3n) is 0.311. The second-order valence-corrected chi connectivity index (χ2v) is 0.737. The minimum atomic E-state index is 0.0509. The fourth-order valence-electron chi connectivity index (χ4n) is 0.0236. The standard InChI is InChI=1S/C2H6N2O2/c1-2(4-5)6-3/h5H,3H2,1H3/b4-2-. The van der Waals surface area contributed by atoms with E-state index in [1.807, 2.05) is 0 Å². The van der Waals surface area contributed by atoms with Crippen molar-refractivity contribution in [3.63, 3.8) is 0 Å². The first-order chi connectivity index (χ1) is 2.81. The molecule has 0 saturated carbocycles. The van der Waals surface area contributed by atoms with Gasteiger partial charge in [0.1, 0.15) is 0 Å². The van der Waals surface area contributed by atoms with E-state index in [9.17, 15) is 0 Å². The number of hydrogen-bond acceptors (Lipinski definition) is 4. The largest absolute Gasteiger partial charge is 0.408 e. The number of nitrogens with two attached hydrogens (primary N) is 1. The Labute approximate surface area is 35.2 Å². The van der Waals surface area contributed by atoms with Gasteiger partial charge in [0.2, 0.25) is 5.90 Å². The van der Waals surface area contributed by atoms with Gasteiger partial charge in [-0.3, -0.25) is 0 Å². The van der Waals surface area contributed by atoms with Crippen LogP contribution in [0, 0.1) is 0 Å². The molecule has 0 aliphatic rings. The number of nitrogens with zero attached hydrogens (tertiary/aromatic N) is 1. The molecule has 0 amide bonds. The quantitative estimate of drug-likeness (QED) is 0.185. The maximum atomic E-state index is 7.72. The van der Waals surface area contributed by atoms with Gasteiger partial charge in [0, 0.05) is 6.92 Å². The summed E-state index contributed by atoms with van der Waals surface area (Å²) >= 11 is 0. The Kier molecular flexibility index (Phi) is 2.15. The van der Waals surface area contributed by atoms with Crippen LogP contribution in [0.1, 0.15) is 6.92 Å². The molecule has 0 atom stereocenters. The molecule has 0 saturated heterocycles. The van der Waals surface area contributed by atoms with E-state index in [0.717, 1.165) is 0 Å². The molecule has 6 heavy (non-hydrogen) atoms. The number of rotatable bonds is 0. The molecule has 0 radical (unpaired) electrons. The first-order valence-electron chi connectivity index (χ1n) is 1.36. The van der Waals surface area contributed by atoms with Gasteiger partial charge in [-0.15, -0.1) is 0 Å². The Balaban J connectivity index is 3.22. The van der Waals surface area contributed by atoms with Crippen molar-refractivity contribution in [2.45, 2.75) is 6.92 Å². The highest BCUT2D eigenvalue weighted by Gasteiger charge is 1.78. The first-order valence-corrected chi connectivity index (χ1v) is 1.36. The smallest absolute Gasteiger partial charge is 0.246 e. The summed E-state index contributed by atoms with van der Waals surface area (Å²) in [7, 11) is 0. The molecule has 0 aliphatic carbocycles. The van der Waals surface area contributed by atoms with E-state index >= 15 is 0 Å². The summed E-state index contributed by atoms with van der Waals surface area (Å²) in [6.07, 6.45) is 0. The zero-order chi connectivity index (χ0) is 4.99. The molecule has 0 rings (SSSR count). The molecule has 0 aromatic rings. The van der Waals surface area contributed by atoms with Crippen LogP contribution >= 0.6 is 0 Å². The fraction of sp³-hybridized carbons (Fsp3) is 0.500. The van der Waals surface area contributed by atoms with Crippen molar-refractivity contribution in [1.29, 1.82) is 0 Å². The van der Waals surface area contributed by atoms with Crippen molar-refractivity contribution >= 4 is 5.90 Å². The van der Waals surface area contributed by atoms with Gasteiger partial charge in [0.05, 0.1) is 0 Å². The van der Waals surface area contributed by atoms with Crippen LogP contribution in [0.25, 0.3) is 0 Å². The van der Waals surface area contributed by atoms with Gasteiger partial charge < -0.3 is 10.0 Å². The number of oxime groups is 1. The molecule has 3 N–H and O–H groups in total. The number of hydrogen-bond donors (Lipinski definition) is 2. The highest BCUT2D eigenvalue weighted by molar-refractivity contribution is 5.71. The Morgan fingerprint density at radius 1 is 2.00 bits per heavy atom. The van der Waals surface area contributed by atoms with Crippen molar-refractivity contribution < 1.29 is 10.0 Å². The summed E-state index contributed by atoms with van der Waals surface area (Å²) in [5, 5.41) is 10.3. The Morgan fingerprint density at radius 2 is 2.50 bits per heavy atom. The van der Waals surface area contributed by atoms with Crippen LogP contribution in [0.2, 0.25) is 0 Å². The fourth-order valence-corrected chi connectivity index (χ4v) is 0.0236. The van der Waals surface area contributed by atoms with E-state index in [1.54, 1.807) is 0 Å². The van der Waals surface area contributed by atoms with Crippen molar-refractivity contribution in [2.24, 2.45) is 11.1 Å². The van der Waals surface area contributed by atoms with Crippen LogP contribution in [0.5, 0.6) is 0 Å². The third kappa shape index (κ3) is 1.54. The normalized spacial score (nSPS) is 11.3. The predicted molar refractivity (Wildman–Crippen MR) is 20.2 cm³/mol. The highest BCUT2D eigenvalue weighted by Crippen LogP contribution is 1.65. The van der Waals surface area contributed by atoms with E-state index in [-0.39, 0.29) is 5.90 Å². The molecule has 0 spiro atoms. The minimum absolute atomic E-state index is 0.0509. The molecule has 0 heterocycles. The first kappa shape index (κ1) is 5.23. The molecule has 4 nitrogen and oxygen atoms in total. The highest BCUT2D eigenvalue weighted by atomic mass is 16.6. The van der Waals surface area contributed by atoms with Crippen LogP contribution in [-0.2, 0) is 4.84 Å².